The van der Waals surface area contributed by atoms with Gasteiger partial charge in [0.15, 0.2) is 0 Å². The van der Waals surface area contributed by atoms with Gasteiger partial charge >= 0.3 is 0 Å². The van der Waals surface area contributed by atoms with Crippen molar-refractivity contribution in [2.75, 3.05) is 0 Å². The summed E-state index contributed by atoms with van der Waals surface area (Å²) in [7, 11) is 0. The molecule has 0 unspecified atom stereocenters. The van der Waals surface area contributed by atoms with Gasteiger partial charge in [0.25, 0.3) is 0 Å². The summed E-state index contributed by atoms with van der Waals surface area (Å²) in [5.74, 6) is 2.71. The molecule has 0 nitrogen and oxygen atoms in total. The summed E-state index contributed by atoms with van der Waals surface area (Å²) >= 11 is 1.96. The number of hydrogen-bond donors (Lipinski definition) is 0. The molecule has 1 heterocycles. The van der Waals surface area contributed by atoms with Crippen molar-refractivity contribution in [1.82, 2.24) is 0 Å². The highest BCUT2D eigenvalue weighted by molar-refractivity contribution is 8.00. The van der Waals surface area contributed by atoms with E-state index in [4.69, 9.17) is 6.42 Å². The fourth-order valence-corrected chi connectivity index (χ4v) is 3.34. The molecule has 0 bridgehead atoms. The molecule has 0 saturated heterocycles. The molecule has 0 amide bonds. The molecule has 1 aliphatic rings. The molecule has 16 heavy (non-hydrogen) atoms. The topological polar surface area (TPSA) is 0 Å². The molecule has 0 aromatic heterocycles. The number of hydrogen-bond acceptors (Lipinski definition) is 1. The Morgan fingerprint density at radius 2 is 1.94 bits per heavy atom. The summed E-state index contributed by atoms with van der Waals surface area (Å²) < 4.78 is 0.257. The molecule has 0 radical (unpaired) electrons. The second kappa shape index (κ2) is 3.57. The Morgan fingerprint density at radius 3 is 2.56 bits per heavy atom. The Labute approximate surface area is 103 Å². The van der Waals surface area contributed by atoms with Crippen LogP contribution in [-0.4, -0.2) is 4.75 Å². The maximum Gasteiger partial charge on any atom is 0.0253 e. The van der Waals surface area contributed by atoms with Crippen LogP contribution in [0.4, 0.5) is 0 Å². The van der Waals surface area contributed by atoms with Gasteiger partial charge in [0.05, 0.1) is 0 Å². The first-order chi connectivity index (χ1) is 7.36. The van der Waals surface area contributed by atoms with E-state index in [1.165, 1.54) is 10.5 Å². The molecule has 84 valence electrons. The molecule has 0 N–H and O–H groups in total. The average molecular weight is 230 g/mol. The maximum atomic E-state index is 5.44. The molecule has 1 heteroatoms. The lowest BCUT2D eigenvalue weighted by Crippen LogP contribution is -2.40. The third-order valence-corrected chi connectivity index (χ3v) is 5.52. The normalized spacial score (nSPS) is 20.9. The highest BCUT2D eigenvalue weighted by Crippen LogP contribution is 2.52. The molecule has 1 aliphatic heterocycles. The molecule has 1 aromatic carbocycles. The van der Waals surface area contributed by atoms with E-state index in [1.54, 1.807) is 0 Å². The Bertz CT molecular complexity index is 461. The number of rotatable bonds is 0. The van der Waals surface area contributed by atoms with Gasteiger partial charge in [-0.05, 0) is 43.4 Å². The summed E-state index contributed by atoms with van der Waals surface area (Å²) in [6.45, 7) is 9.34. The first-order valence-corrected chi connectivity index (χ1v) is 6.46. The van der Waals surface area contributed by atoms with Crippen molar-refractivity contribution in [1.29, 1.82) is 0 Å². The molecule has 1 aromatic rings. The van der Waals surface area contributed by atoms with Crippen molar-refractivity contribution in [3.8, 4) is 12.3 Å². The Morgan fingerprint density at radius 1 is 1.25 bits per heavy atom. The second-order valence-corrected chi connectivity index (χ2v) is 7.30. The number of terminal acetylenes is 1. The first kappa shape index (κ1) is 11.6. The SMILES string of the molecule is C#Cc1ccc2c(c1)SC(C)(C)C(C)(C)C2. The van der Waals surface area contributed by atoms with Gasteiger partial charge in [0.2, 0.25) is 0 Å². The van der Waals surface area contributed by atoms with Crippen molar-refractivity contribution in [3.05, 3.63) is 29.3 Å². The molecular weight excluding hydrogens is 212 g/mol. The van der Waals surface area contributed by atoms with Crippen molar-refractivity contribution < 1.29 is 0 Å². The minimum absolute atomic E-state index is 0.257. The zero-order valence-corrected chi connectivity index (χ0v) is 11.2. The van der Waals surface area contributed by atoms with Gasteiger partial charge < -0.3 is 0 Å². The molecule has 0 spiro atoms. The number of fused-ring (bicyclic) bond motifs is 1. The Kier molecular flexibility index (Phi) is 2.59. The van der Waals surface area contributed by atoms with Gasteiger partial charge in [-0.1, -0.05) is 25.8 Å². The molecule has 0 saturated carbocycles. The predicted molar refractivity (Wildman–Crippen MR) is 71.8 cm³/mol. The quantitative estimate of drug-likeness (QED) is 0.604. The van der Waals surface area contributed by atoms with Crippen LogP contribution in [0, 0.1) is 17.8 Å². The molecule has 0 aliphatic carbocycles. The predicted octanol–water partition coefficient (Wildman–Crippen LogP) is 4.12. The second-order valence-electron chi connectivity index (χ2n) is 5.64. The van der Waals surface area contributed by atoms with Crippen molar-refractivity contribution in [2.24, 2.45) is 5.41 Å². The van der Waals surface area contributed by atoms with Gasteiger partial charge in [-0.3, -0.25) is 0 Å². The van der Waals surface area contributed by atoms with E-state index in [0.717, 1.165) is 12.0 Å². The fraction of sp³-hybridized carbons (Fsp3) is 0.467. The summed E-state index contributed by atoms with van der Waals surface area (Å²) in [4.78, 5) is 1.36. The van der Waals surface area contributed by atoms with Crippen LogP contribution in [0.25, 0.3) is 0 Å². The van der Waals surface area contributed by atoms with E-state index in [0.29, 0.717) is 5.41 Å². The van der Waals surface area contributed by atoms with E-state index in [9.17, 15) is 0 Å². The standard InChI is InChI=1S/C15H18S/c1-6-11-7-8-12-10-14(2,3)15(4,5)16-13(12)9-11/h1,7-9H,10H2,2-5H3. The van der Waals surface area contributed by atoms with E-state index in [2.05, 4.69) is 45.7 Å². The molecule has 0 atom stereocenters. The van der Waals surface area contributed by atoms with Crippen molar-refractivity contribution in [2.45, 2.75) is 43.8 Å². The zero-order valence-electron chi connectivity index (χ0n) is 10.4. The lowest BCUT2D eigenvalue weighted by atomic mass is 9.75. The van der Waals surface area contributed by atoms with Crippen LogP contribution in [0.1, 0.15) is 38.8 Å². The Balaban J connectivity index is 2.48. The molecule has 2 rings (SSSR count). The van der Waals surface area contributed by atoms with Crippen LogP contribution >= 0.6 is 11.8 Å². The van der Waals surface area contributed by atoms with Crippen molar-refractivity contribution >= 4 is 11.8 Å². The van der Waals surface area contributed by atoms with Crippen LogP contribution < -0.4 is 0 Å². The third kappa shape index (κ3) is 1.76. The minimum atomic E-state index is 0.257. The summed E-state index contributed by atoms with van der Waals surface area (Å²) in [6.07, 6.45) is 6.58. The monoisotopic (exact) mass is 230 g/mol. The van der Waals surface area contributed by atoms with Gasteiger partial charge in [-0.15, -0.1) is 18.2 Å². The smallest absolute Gasteiger partial charge is 0.0253 e. The number of thioether (sulfide) groups is 1. The molecular formula is C15H18S. The van der Waals surface area contributed by atoms with E-state index >= 15 is 0 Å². The summed E-state index contributed by atoms with van der Waals surface area (Å²) in [5.41, 5.74) is 2.75. The lowest BCUT2D eigenvalue weighted by Gasteiger charge is -2.45. The van der Waals surface area contributed by atoms with E-state index in [-0.39, 0.29) is 4.75 Å². The van der Waals surface area contributed by atoms with E-state index in [1.807, 2.05) is 17.8 Å². The van der Waals surface area contributed by atoms with Crippen LogP contribution in [0.3, 0.4) is 0 Å². The lowest BCUT2D eigenvalue weighted by molar-refractivity contribution is 0.273. The zero-order chi connectivity index (χ0) is 12.0. The highest BCUT2D eigenvalue weighted by Gasteiger charge is 2.42. The van der Waals surface area contributed by atoms with Crippen LogP contribution in [0.15, 0.2) is 23.1 Å². The van der Waals surface area contributed by atoms with Gasteiger partial charge in [-0.2, -0.15) is 0 Å². The maximum absolute atomic E-state index is 5.44. The average Bonchev–Trinajstić information content (AvgIpc) is 2.18. The number of benzene rings is 1. The third-order valence-electron chi connectivity index (χ3n) is 3.86. The van der Waals surface area contributed by atoms with Crippen molar-refractivity contribution in [3.63, 3.8) is 0 Å². The van der Waals surface area contributed by atoms with Gasteiger partial charge in [0.1, 0.15) is 0 Å². The Hall–Kier alpha value is -0.870. The summed E-state index contributed by atoms with van der Waals surface area (Å²) in [6, 6.07) is 6.39. The fourth-order valence-electron chi connectivity index (χ4n) is 1.99. The largest absolute Gasteiger partial charge is 0.119 e. The highest BCUT2D eigenvalue weighted by atomic mass is 32.2. The van der Waals surface area contributed by atoms with E-state index < -0.39 is 0 Å². The molecule has 0 fully saturated rings. The first-order valence-electron chi connectivity index (χ1n) is 5.64. The van der Waals surface area contributed by atoms with Crippen LogP contribution in [-0.2, 0) is 6.42 Å². The minimum Gasteiger partial charge on any atom is -0.119 e. The van der Waals surface area contributed by atoms with Gasteiger partial charge in [-0.25, -0.2) is 0 Å². The summed E-state index contributed by atoms with van der Waals surface area (Å²) in [5, 5.41) is 0. The van der Waals surface area contributed by atoms with Crippen LogP contribution in [0.5, 0.6) is 0 Å². The van der Waals surface area contributed by atoms with Gasteiger partial charge in [0, 0.05) is 15.2 Å². The van der Waals surface area contributed by atoms with Crippen LogP contribution in [0.2, 0.25) is 0 Å².